The van der Waals surface area contributed by atoms with Crippen LogP contribution in [0.4, 0.5) is 0 Å². The molecule has 118 valence electrons. The van der Waals surface area contributed by atoms with Crippen molar-refractivity contribution in [3.63, 3.8) is 0 Å². The average Bonchev–Trinajstić information content (AvgIpc) is 3.17. The van der Waals surface area contributed by atoms with Crippen LogP contribution in [-0.2, 0) is 11.2 Å². The van der Waals surface area contributed by atoms with Gasteiger partial charge in [-0.2, -0.15) is 5.10 Å². The van der Waals surface area contributed by atoms with Gasteiger partial charge >= 0.3 is 0 Å². The van der Waals surface area contributed by atoms with E-state index in [1.807, 2.05) is 0 Å². The maximum atomic E-state index is 5.68. The van der Waals surface area contributed by atoms with Crippen LogP contribution in [0.15, 0.2) is 12.3 Å². The highest BCUT2D eigenvalue weighted by Crippen LogP contribution is 2.32. The van der Waals surface area contributed by atoms with Crippen molar-refractivity contribution < 1.29 is 4.74 Å². The van der Waals surface area contributed by atoms with E-state index in [9.17, 15) is 0 Å². The lowest BCUT2D eigenvalue weighted by Crippen LogP contribution is -2.36. The van der Waals surface area contributed by atoms with Crippen molar-refractivity contribution in [2.45, 2.75) is 57.9 Å². The van der Waals surface area contributed by atoms with Crippen molar-refractivity contribution in [1.29, 1.82) is 0 Å². The molecule has 1 aliphatic carbocycles. The Kier molecular flexibility index (Phi) is 4.96. The molecule has 1 unspecified atom stereocenters. The molecule has 2 fully saturated rings. The lowest BCUT2D eigenvalue weighted by Gasteiger charge is -2.27. The van der Waals surface area contributed by atoms with E-state index >= 15 is 0 Å². The summed E-state index contributed by atoms with van der Waals surface area (Å²) < 4.78 is 7.91. The largest absolute Gasteiger partial charge is 0.381 e. The van der Waals surface area contributed by atoms with Crippen LogP contribution in [0.1, 0.15) is 57.2 Å². The van der Waals surface area contributed by atoms with Gasteiger partial charge in [0, 0.05) is 31.2 Å². The molecule has 2 heterocycles. The zero-order valence-corrected chi connectivity index (χ0v) is 13.3. The highest BCUT2D eigenvalue weighted by molar-refractivity contribution is 5.06. The second-order valence-electron chi connectivity index (χ2n) is 6.84. The van der Waals surface area contributed by atoms with Crippen LogP contribution in [0.5, 0.6) is 0 Å². The quantitative estimate of drug-likeness (QED) is 0.876. The number of ether oxygens (including phenoxy) is 1. The lowest BCUT2D eigenvalue weighted by atomic mass is 9.82. The lowest BCUT2D eigenvalue weighted by molar-refractivity contribution is 0.149. The first kappa shape index (κ1) is 15.0. The monoisotopic (exact) mass is 291 g/mol. The molecule has 1 N–H and O–H groups in total. The van der Waals surface area contributed by atoms with Gasteiger partial charge in [-0.15, -0.1) is 0 Å². The van der Waals surface area contributed by atoms with Gasteiger partial charge in [-0.3, -0.25) is 4.68 Å². The number of hydrogen-bond acceptors (Lipinski definition) is 3. The number of nitrogens with one attached hydrogen (secondary N) is 1. The van der Waals surface area contributed by atoms with E-state index in [2.05, 4.69) is 29.2 Å². The first-order valence-corrected chi connectivity index (χ1v) is 8.64. The Labute approximate surface area is 128 Å². The summed E-state index contributed by atoms with van der Waals surface area (Å²) in [5.41, 5.74) is 1.49. The van der Waals surface area contributed by atoms with E-state index in [1.165, 1.54) is 37.8 Å². The van der Waals surface area contributed by atoms with Gasteiger partial charge in [0.2, 0.25) is 0 Å². The summed E-state index contributed by atoms with van der Waals surface area (Å²) in [5, 5.41) is 8.39. The van der Waals surface area contributed by atoms with E-state index in [4.69, 9.17) is 9.84 Å². The minimum Gasteiger partial charge on any atom is -0.381 e. The third-order valence-electron chi connectivity index (χ3n) is 5.10. The van der Waals surface area contributed by atoms with Crippen molar-refractivity contribution in [2.75, 3.05) is 26.3 Å². The molecular formula is C17H29N3O. The normalized spacial score (nSPS) is 27.3. The van der Waals surface area contributed by atoms with E-state index in [1.54, 1.807) is 0 Å². The molecule has 1 aromatic rings. The summed E-state index contributed by atoms with van der Waals surface area (Å²) in [4.78, 5) is 0. The van der Waals surface area contributed by atoms with Gasteiger partial charge in [0.1, 0.15) is 0 Å². The molecule has 4 nitrogen and oxygen atoms in total. The molecule has 1 aliphatic heterocycles. The molecule has 1 aromatic heterocycles. The fourth-order valence-electron chi connectivity index (χ4n) is 3.79. The fourth-order valence-corrected chi connectivity index (χ4v) is 3.79. The van der Waals surface area contributed by atoms with Crippen LogP contribution in [0, 0.1) is 5.41 Å². The Hall–Kier alpha value is -0.870. The first-order chi connectivity index (χ1) is 10.3. The smallest absolute Gasteiger partial charge is 0.0631 e. The van der Waals surface area contributed by atoms with E-state index in [0.717, 1.165) is 39.1 Å². The van der Waals surface area contributed by atoms with Gasteiger partial charge < -0.3 is 10.1 Å². The van der Waals surface area contributed by atoms with Gasteiger partial charge in [0.15, 0.2) is 0 Å². The Bertz CT molecular complexity index is 431. The standard InChI is InChI=1S/C17H29N3O/c1-2-18-13-17(9-11-21-14-17)12-15-8-10-20(19-15)16-6-4-3-5-7-16/h8,10,16,18H,2-7,9,11-14H2,1H3. The van der Waals surface area contributed by atoms with Crippen molar-refractivity contribution in [3.05, 3.63) is 18.0 Å². The van der Waals surface area contributed by atoms with E-state index in [0.29, 0.717) is 6.04 Å². The average molecular weight is 291 g/mol. The summed E-state index contributed by atoms with van der Waals surface area (Å²) in [6.07, 6.45) is 11.1. The molecule has 1 saturated heterocycles. The van der Waals surface area contributed by atoms with Gasteiger partial charge in [0.25, 0.3) is 0 Å². The Morgan fingerprint density at radius 3 is 2.95 bits per heavy atom. The second-order valence-corrected chi connectivity index (χ2v) is 6.84. The maximum absolute atomic E-state index is 5.68. The zero-order chi connectivity index (χ0) is 14.5. The molecule has 0 bridgehead atoms. The summed E-state index contributed by atoms with van der Waals surface area (Å²) in [5.74, 6) is 0. The SMILES string of the molecule is CCNCC1(Cc2ccn(C3CCCCC3)n2)CCOC1. The first-order valence-electron chi connectivity index (χ1n) is 8.64. The third-order valence-corrected chi connectivity index (χ3v) is 5.10. The van der Waals surface area contributed by atoms with E-state index in [-0.39, 0.29) is 5.41 Å². The van der Waals surface area contributed by atoms with Crippen LogP contribution in [0.25, 0.3) is 0 Å². The summed E-state index contributed by atoms with van der Waals surface area (Å²) in [6.45, 7) is 6.00. The molecular weight excluding hydrogens is 262 g/mol. The minimum absolute atomic E-state index is 0.252. The van der Waals surface area contributed by atoms with Gasteiger partial charge in [0.05, 0.1) is 18.3 Å². The maximum Gasteiger partial charge on any atom is 0.0631 e. The zero-order valence-electron chi connectivity index (χ0n) is 13.3. The van der Waals surface area contributed by atoms with Crippen molar-refractivity contribution in [3.8, 4) is 0 Å². The molecule has 0 amide bonds. The Balaban J connectivity index is 1.64. The molecule has 0 aromatic carbocycles. The predicted octanol–water partition coefficient (Wildman–Crippen LogP) is 2.95. The number of aromatic nitrogens is 2. The Morgan fingerprint density at radius 1 is 1.38 bits per heavy atom. The van der Waals surface area contributed by atoms with Gasteiger partial charge in [-0.1, -0.05) is 26.2 Å². The predicted molar refractivity (Wildman–Crippen MR) is 84.5 cm³/mol. The number of nitrogens with zero attached hydrogens (tertiary/aromatic N) is 2. The summed E-state index contributed by atoms with van der Waals surface area (Å²) in [7, 11) is 0. The summed E-state index contributed by atoms with van der Waals surface area (Å²) in [6, 6.07) is 2.86. The van der Waals surface area contributed by atoms with Crippen LogP contribution < -0.4 is 5.32 Å². The van der Waals surface area contributed by atoms with Crippen molar-refractivity contribution >= 4 is 0 Å². The minimum atomic E-state index is 0.252. The van der Waals surface area contributed by atoms with Crippen LogP contribution in [-0.4, -0.2) is 36.1 Å². The van der Waals surface area contributed by atoms with Crippen molar-refractivity contribution in [2.24, 2.45) is 5.41 Å². The molecule has 0 spiro atoms. The molecule has 1 atom stereocenters. The van der Waals surface area contributed by atoms with Crippen LogP contribution in [0.2, 0.25) is 0 Å². The van der Waals surface area contributed by atoms with Gasteiger partial charge in [-0.25, -0.2) is 0 Å². The number of rotatable bonds is 6. The van der Waals surface area contributed by atoms with Crippen LogP contribution >= 0.6 is 0 Å². The van der Waals surface area contributed by atoms with Crippen LogP contribution in [0.3, 0.4) is 0 Å². The molecule has 2 aliphatic rings. The molecule has 1 saturated carbocycles. The highest BCUT2D eigenvalue weighted by atomic mass is 16.5. The van der Waals surface area contributed by atoms with Crippen molar-refractivity contribution in [1.82, 2.24) is 15.1 Å². The summed E-state index contributed by atoms with van der Waals surface area (Å²) >= 11 is 0. The molecule has 3 rings (SSSR count). The topological polar surface area (TPSA) is 39.1 Å². The third kappa shape index (κ3) is 3.67. The molecule has 0 radical (unpaired) electrons. The highest BCUT2D eigenvalue weighted by Gasteiger charge is 2.35. The molecule has 4 heteroatoms. The van der Waals surface area contributed by atoms with Gasteiger partial charge in [-0.05, 0) is 31.9 Å². The van der Waals surface area contributed by atoms with E-state index < -0.39 is 0 Å². The molecule has 21 heavy (non-hydrogen) atoms. The second kappa shape index (κ2) is 6.93. The fraction of sp³-hybridized carbons (Fsp3) is 0.824. The number of hydrogen-bond donors (Lipinski definition) is 1. The Morgan fingerprint density at radius 2 is 2.24 bits per heavy atom.